The highest BCUT2D eigenvalue weighted by Crippen LogP contribution is 2.44. The number of carbonyl (C=O) groups is 1. The van der Waals surface area contributed by atoms with Crippen molar-refractivity contribution in [2.75, 3.05) is 13.2 Å². The first-order chi connectivity index (χ1) is 14.8. The molecule has 6 nitrogen and oxygen atoms in total. The number of amides is 1. The predicted octanol–water partition coefficient (Wildman–Crippen LogP) is 4.38. The summed E-state index contributed by atoms with van der Waals surface area (Å²) in [6.45, 7) is 4.03. The zero-order chi connectivity index (χ0) is 22.4. The highest BCUT2D eigenvalue weighted by molar-refractivity contribution is 5.93. The van der Waals surface area contributed by atoms with Crippen LogP contribution in [0.5, 0.6) is 5.75 Å². The summed E-state index contributed by atoms with van der Waals surface area (Å²) >= 11 is 0. The molecule has 31 heavy (non-hydrogen) atoms. The quantitative estimate of drug-likeness (QED) is 0.332. The van der Waals surface area contributed by atoms with Crippen LogP contribution in [0.2, 0.25) is 0 Å². The van der Waals surface area contributed by atoms with E-state index in [1.165, 1.54) is 6.07 Å². The van der Waals surface area contributed by atoms with Gasteiger partial charge < -0.3 is 20.5 Å². The summed E-state index contributed by atoms with van der Waals surface area (Å²) in [5.41, 5.74) is 6.64. The van der Waals surface area contributed by atoms with Crippen LogP contribution in [0.15, 0.2) is 12.3 Å². The minimum Gasteiger partial charge on any atom is -0.487 e. The fourth-order valence-corrected chi connectivity index (χ4v) is 3.98. The Morgan fingerprint density at radius 2 is 2.06 bits per heavy atom. The molecule has 2 saturated carbocycles. The molecule has 2 fully saturated rings. The fraction of sp³-hybridized carbons (Fsp3) is 0.739. The molecule has 2 atom stereocenters. The fourth-order valence-electron chi connectivity index (χ4n) is 3.98. The number of alkyl halides is 2. The van der Waals surface area contributed by atoms with E-state index in [1.54, 1.807) is 6.20 Å². The normalized spacial score (nSPS) is 19.2. The molecule has 2 aliphatic rings. The zero-order valence-electron chi connectivity index (χ0n) is 18.5. The number of aromatic nitrogens is 1. The Balaban J connectivity index is 1.65. The number of nitrogens with zero attached hydrogens (tertiary/aromatic N) is 1. The first kappa shape index (κ1) is 23.9. The molecule has 0 spiro atoms. The maximum absolute atomic E-state index is 13.0. The summed E-state index contributed by atoms with van der Waals surface area (Å²) in [7, 11) is 0. The third-order valence-corrected chi connectivity index (χ3v) is 6.09. The van der Waals surface area contributed by atoms with Crippen molar-refractivity contribution >= 4 is 5.91 Å². The lowest BCUT2D eigenvalue weighted by Gasteiger charge is -2.33. The first-order valence-electron chi connectivity index (χ1n) is 11.4. The number of halogens is 2. The maximum Gasteiger partial charge on any atom is 0.272 e. The first-order valence-corrected chi connectivity index (χ1v) is 11.4. The van der Waals surface area contributed by atoms with Gasteiger partial charge in [-0.15, -0.1) is 0 Å². The van der Waals surface area contributed by atoms with Crippen molar-refractivity contribution in [3.8, 4) is 5.75 Å². The van der Waals surface area contributed by atoms with Gasteiger partial charge in [-0.1, -0.05) is 19.8 Å². The van der Waals surface area contributed by atoms with Crippen molar-refractivity contribution in [2.24, 2.45) is 11.7 Å². The molecule has 0 saturated heterocycles. The Kier molecular flexibility index (Phi) is 8.22. The van der Waals surface area contributed by atoms with E-state index >= 15 is 0 Å². The number of ether oxygens (including phenoxy) is 2. The third-order valence-electron chi connectivity index (χ3n) is 6.09. The van der Waals surface area contributed by atoms with Crippen molar-refractivity contribution in [3.05, 3.63) is 23.5 Å². The molecule has 1 unspecified atom stereocenters. The largest absolute Gasteiger partial charge is 0.487 e. The number of hydrogen-bond donors (Lipinski definition) is 2. The SMILES string of the molecule is CCCCCOC(N)C[C@@](C)(NC(=O)c1cc(OCC(F)F)c(C2CC2)cn1)C1CC1. The minimum atomic E-state index is -2.57. The Morgan fingerprint density at radius 1 is 1.32 bits per heavy atom. The van der Waals surface area contributed by atoms with Crippen LogP contribution in [-0.4, -0.2) is 42.3 Å². The summed E-state index contributed by atoms with van der Waals surface area (Å²) in [5, 5.41) is 3.10. The molecule has 174 valence electrons. The number of unbranched alkanes of at least 4 members (excludes halogenated alkanes) is 2. The molecule has 8 heteroatoms. The molecule has 3 N–H and O–H groups in total. The number of nitrogens with one attached hydrogen (secondary N) is 1. The Bertz CT molecular complexity index is 741. The molecule has 1 aromatic heterocycles. The van der Waals surface area contributed by atoms with Gasteiger partial charge in [-0.05, 0) is 50.9 Å². The van der Waals surface area contributed by atoms with E-state index in [1.807, 2.05) is 6.92 Å². The van der Waals surface area contributed by atoms with Gasteiger partial charge in [-0.3, -0.25) is 9.78 Å². The third kappa shape index (κ3) is 7.10. The Hall–Kier alpha value is -1.80. The van der Waals surface area contributed by atoms with Gasteiger partial charge in [0.15, 0.2) is 0 Å². The van der Waals surface area contributed by atoms with E-state index < -0.39 is 24.8 Å². The van der Waals surface area contributed by atoms with Crippen molar-refractivity contribution in [3.63, 3.8) is 0 Å². The standard InChI is InChI=1S/C23H35F2N3O3/c1-3-4-5-10-30-21(26)12-23(2,16-8-9-16)28-22(29)18-11-19(31-14-20(24)25)17(13-27-18)15-6-7-15/h11,13,15-16,20-21H,3-10,12,14,26H2,1-2H3,(H,28,29)/t21?,23-/m1/s1. The lowest BCUT2D eigenvalue weighted by Crippen LogP contribution is -2.51. The van der Waals surface area contributed by atoms with Crippen LogP contribution in [-0.2, 0) is 4.74 Å². The van der Waals surface area contributed by atoms with Crippen LogP contribution < -0.4 is 15.8 Å². The van der Waals surface area contributed by atoms with E-state index in [0.717, 1.165) is 50.5 Å². The molecule has 2 aliphatic carbocycles. The van der Waals surface area contributed by atoms with E-state index in [9.17, 15) is 13.6 Å². The highest BCUT2D eigenvalue weighted by Gasteiger charge is 2.44. The molecule has 0 radical (unpaired) electrons. The number of hydrogen-bond acceptors (Lipinski definition) is 5. The number of pyridine rings is 1. The average Bonchev–Trinajstić information content (AvgIpc) is 3.62. The van der Waals surface area contributed by atoms with Crippen LogP contribution in [0.1, 0.15) is 87.2 Å². The average molecular weight is 440 g/mol. The summed E-state index contributed by atoms with van der Waals surface area (Å²) in [6.07, 6.45) is 6.25. The monoisotopic (exact) mass is 439 g/mol. The predicted molar refractivity (Wildman–Crippen MR) is 114 cm³/mol. The summed E-state index contributed by atoms with van der Waals surface area (Å²) < 4.78 is 36.4. The highest BCUT2D eigenvalue weighted by atomic mass is 19.3. The van der Waals surface area contributed by atoms with Gasteiger partial charge in [0.2, 0.25) is 0 Å². The van der Waals surface area contributed by atoms with Crippen LogP contribution in [0.25, 0.3) is 0 Å². The van der Waals surface area contributed by atoms with E-state index in [2.05, 4.69) is 17.2 Å². The van der Waals surface area contributed by atoms with E-state index in [0.29, 0.717) is 24.7 Å². The van der Waals surface area contributed by atoms with E-state index in [4.69, 9.17) is 15.2 Å². The molecule has 1 aromatic rings. The van der Waals surface area contributed by atoms with Crippen LogP contribution in [0, 0.1) is 5.92 Å². The van der Waals surface area contributed by atoms with Crippen molar-refractivity contribution in [1.82, 2.24) is 10.3 Å². The van der Waals surface area contributed by atoms with Gasteiger partial charge in [0.05, 0.1) is 0 Å². The molecule has 1 amide bonds. The van der Waals surface area contributed by atoms with Crippen molar-refractivity contribution in [1.29, 1.82) is 0 Å². The van der Waals surface area contributed by atoms with Gasteiger partial charge in [-0.25, -0.2) is 8.78 Å². The molecule has 1 heterocycles. The van der Waals surface area contributed by atoms with Gasteiger partial charge >= 0.3 is 0 Å². The Morgan fingerprint density at radius 3 is 2.68 bits per heavy atom. The minimum absolute atomic E-state index is 0.165. The van der Waals surface area contributed by atoms with Crippen LogP contribution >= 0.6 is 0 Å². The lowest BCUT2D eigenvalue weighted by molar-refractivity contribution is 0.0264. The summed E-state index contributed by atoms with van der Waals surface area (Å²) in [6, 6.07) is 1.49. The molecule has 3 rings (SSSR count). The molecule has 0 bridgehead atoms. The molecular weight excluding hydrogens is 404 g/mol. The van der Waals surface area contributed by atoms with Gasteiger partial charge in [0.1, 0.15) is 24.3 Å². The molecule has 0 aromatic carbocycles. The van der Waals surface area contributed by atoms with Crippen LogP contribution in [0.4, 0.5) is 8.78 Å². The second-order valence-corrected chi connectivity index (χ2v) is 9.05. The van der Waals surface area contributed by atoms with Gasteiger partial charge in [0, 0.05) is 36.4 Å². The number of rotatable bonds is 14. The Labute approximate surface area is 183 Å². The van der Waals surface area contributed by atoms with Gasteiger partial charge in [0.25, 0.3) is 12.3 Å². The summed E-state index contributed by atoms with van der Waals surface area (Å²) in [5.74, 6) is 0.586. The smallest absolute Gasteiger partial charge is 0.272 e. The van der Waals surface area contributed by atoms with Gasteiger partial charge in [-0.2, -0.15) is 0 Å². The second kappa shape index (κ2) is 10.7. The molecular formula is C23H35F2N3O3. The maximum atomic E-state index is 13.0. The topological polar surface area (TPSA) is 86.5 Å². The zero-order valence-corrected chi connectivity index (χ0v) is 18.5. The summed E-state index contributed by atoms with van der Waals surface area (Å²) in [4.78, 5) is 17.3. The number of nitrogens with two attached hydrogens (primary N) is 1. The van der Waals surface area contributed by atoms with Crippen molar-refractivity contribution < 1.29 is 23.0 Å². The second-order valence-electron chi connectivity index (χ2n) is 9.05. The van der Waals surface area contributed by atoms with E-state index in [-0.39, 0.29) is 17.5 Å². The molecule has 0 aliphatic heterocycles. The lowest BCUT2D eigenvalue weighted by atomic mass is 9.90. The van der Waals surface area contributed by atoms with Crippen molar-refractivity contribution in [2.45, 2.75) is 89.3 Å². The van der Waals surface area contributed by atoms with Crippen LogP contribution in [0.3, 0.4) is 0 Å². The number of carbonyl (C=O) groups excluding carboxylic acids is 1.